The van der Waals surface area contributed by atoms with Crippen molar-refractivity contribution in [2.45, 2.75) is 26.9 Å². The number of ether oxygens (including phenoxy) is 1. The first-order valence-electron chi connectivity index (χ1n) is 11.9. The SMILES string of the molecule is Cc1ccc(C(=O)Nc2ccc(-n3nc(OCC(C)C)nc3-c3ccc(C(F)(F)F)cc3)cc2)cc1[N+](=O)[O-]. The van der Waals surface area contributed by atoms with Gasteiger partial charge in [0.2, 0.25) is 0 Å². The molecule has 202 valence electrons. The molecule has 1 aromatic heterocycles. The summed E-state index contributed by atoms with van der Waals surface area (Å²) in [5.74, 6) is -0.0584. The normalized spacial score (nSPS) is 11.5. The first-order valence-corrected chi connectivity index (χ1v) is 11.9. The molecule has 12 heteroatoms. The first kappa shape index (κ1) is 27.3. The largest absolute Gasteiger partial charge is 0.462 e. The number of nitro groups is 1. The topological polar surface area (TPSA) is 112 Å². The van der Waals surface area contributed by atoms with E-state index in [1.807, 2.05) is 13.8 Å². The van der Waals surface area contributed by atoms with Crippen LogP contribution in [0.5, 0.6) is 6.01 Å². The Bertz CT molecular complexity index is 1500. The second kappa shape index (κ2) is 10.9. The highest BCUT2D eigenvalue weighted by atomic mass is 19.4. The Labute approximate surface area is 221 Å². The van der Waals surface area contributed by atoms with Crippen molar-refractivity contribution in [2.75, 3.05) is 11.9 Å². The van der Waals surface area contributed by atoms with Gasteiger partial charge in [-0.05, 0) is 55.3 Å². The zero-order chi connectivity index (χ0) is 28.3. The summed E-state index contributed by atoms with van der Waals surface area (Å²) < 4.78 is 46.2. The second-order valence-corrected chi connectivity index (χ2v) is 9.17. The Morgan fingerprint density at radius 1 is 1.08 bits per heavy atom. The third-order valence-electron chi connectivity index (χ3n) is 5.64. The Morgan fingerprint density at radius 2 is 1.74 bits per heavy atom. The summed E-state index contributed by atoms with van der Waals surface area (Å²) in [6.45, 7) is 5.84. The number of hydrogen-bond donors (Lipinski definition) is 1. The van der Waals surface area contributed by atoms with Crippen LogP contribution in [0.2, 0.25) is 0 Å². The van der Waals surface area contributed by atoms with Crippen LogP contribution in [0.25, 0.3) is 17.1 Å². The van der Waals surface area contributed by atoms with E-state index in [2.05, 4.69) is 15.4 Å². The number of nitro benzene ring substituents is 1. The minimum Gasteiger partial charge on any atom is -0.462 e. The molecule has 1 N–H and O–H groups in total. The maximum Gasteiger partial charge on any atom is 0.416 e. The lowest BCUT2D eigenvalue weighted by Gasteiger charge is -2.10. The lowest BCUT2D eigenvalue weighted by atomic mass is 10.1. The molecule has 0 aliphatic rings. The second-order valence-electron chi connectivity index (χ2n) is 9.17. The smallest absolute Gasteiger partial charge is 0.416 e. The van der Waals surface area contributed by atoms with Crippen molar-refractivity contribution in [2.24, 2.45) is 5.92 Å². The Kier molecular flexibility index (Phi) is 7.65. The van der Waals surface area contributed by atoms with Gasteiger partial charge >= 0.3 is 12.2 Å². The van der Waals surface area contributed by atoms with Crippen LogP contribution >= 0.6 is 0 Å². The number of nitrogens with zero attached hydrogens (tertiary/aromatic N) is 4. The summed E-state index contributed by atoms with van der Waals surface area (Å²) in [4.78, 5) is 27.7. The van der Waals surface area contributed by atoms with Gasteiger partial charge in [-0.15, -0.1) is 5.10 Å². The molecule has 0 bridgehead atoms. The molecule has 39 heavy (non-hydrogen) atoms. The van der Waals surface area contributed by atoms with Gasteiger partial charge in [-0.3, -0.25) is 14.9 Å². The highest BCUT2D eigenvalue weighted by Crippen LogP contribution is 2.32. The molecule has 0 unspecified atom stereocenters. The minimum atomic E-state index is -4.47. The van der Waals surface area contributed by atoms with E-state index in [1.165, 1.54) is 35.0 Å². The fraction of sp³-hybridized carbons (Fsp3) is 0.222. The number of anilines is 1. The zero-order valence-electron chi connectivity index (χ0n) is 21.2. The fourth-order valence-corrected chi connectivity index (χ4v) is 3.61. The molecule has 0 fully saturated rings. The van der Waals surface area contributed by atoms with Gasteiger partial charge in [-0.25, -0.2) is 4.68 Å². The van der Waals surface area contributed by atoms with Gasteiger partial charge in [0.05, 0.1) is 22.8 Å². The molecule has 1 amide bonds. The van der Waals surface area contributed by atoms with Gasteiger partial charge in [0, 0.05) is 28.4 Å². The Hall–Kier alpha value is -4.74. The standard InChI is InChI=1S/C27H24F3N5O4/c1-16(2)15-39-26-32-24(18-6-8-20(9-7-18)27(28,29)30)34(33-26)22-12-10-21(11-13-22)31-25(36)19-5-4-17(3)23(14-19)35(37)38/h4-14,16H,15H2,1-3H3,(H,31,36). The van der Waals surface area contributed by atoms with Gasteiger partial charge < -0.3 is 10.1 Å². The van der Waals surface area contributed by atoms with Crippen LogP contribution in [0.15, 0.2) is 66.7 Å². The van der Waals surface area contributed by atoms with Crippen LogP contribution in [-0.2, 0) is 6.18 Å². The van der Waals surface area contributed by atoms with E-state index in [9.17, 15) is 28.1 Å². The van der Waals surface area contributed by atoms with Crippen molar-refractivity contribution in [1.82, 2.24) is 14.8 Å². The Balaban J connectivity index is 1.61. The van der Waals surface area contributed by atoms with Gasteiger partial charge in [0.15, 0.2) is 5.82 Å². The number of aromatic nitrogens is 3. The molecule has 0 saturated heterocycles. The molecular weight excluding hydrogens is 515 g/mol. The highest BCUT2D eigenvalue weighted by Gasteiger charge is 2.30. The van der Waals surface area contributed by atoms with Crippen LogP contribution < -0.4 is 10.1 Å². The van der Waals surface area contributed by atoms with Crippen molar-refractivity contribution in [3.8, 4) is 23.1 Å². The van der Waals surface area contributed by atoms with Gasteiger partial charge in [0.25, 0.3) is 11.6 Å². The number of halogens is 3. The summed E-state index contributed by atoms with van der Waals surface area (Å²) in [5, 5.41) is 18.3. The van der Waals surface area contributed by atoms with Crippen LogP contribution in [-0.4, -0.2) is 32.2 Å². The van der Waals surface area contributed by atoms with Crippen LogP contribution in [0.1, 0.15) is 35.3 Å². The molecular formula is C27H24F3N5O4. The molecule has 1 heterocycles. The van der Waals surface area contributed by atoms with E-state index in [0.717, 1.165) is 12.1 Å². The third kappa shape index (κ3) is 6.40. The van der Waals surface area contributed by atoms with E-state index in [-0.39, 0.29) is 29.0 Å². The number of hydrogen-bond acceptors (Lipinski definition) is 6. The molecule has 0 radical (unpaired) electrons. The number of carbonyl (C=O) groups excluding carboxylic acids is 1. The highest BCUT2D eigenvalue weighted by molar-refractivity contribution is 6.04. The number of benzene rings is 3. The minimum absolute atomic E-state index is 0.0666. The lowest BCUT2D eigenvalue weighted by Crippen LogP contribution is -2.12. The van der Waals surface area contributed by atoms with E-state index < -0.39 is 22.6 Å². The van der Waals surface area contributed by atoms with Crippen LogP contribution in [0.4, 0.5) is 24.5 Å². The summed E-state index contributed by atoms with van der Waals surface area (Å²) in [7, 11) is 0. The fourth-order valence-electron chi connectivity index (χ4n) is 3.61. The maximum atomic E-state index is 13.0. The number of aryl methyl sites for hydroxylation is 1. The summed E-state index contributed by atoms with van der Waals surface area (Å²) in [6.07, 6.45) is -4.47. The molecule has 0 aliphatic heterocycles. The van der Waals surface area contributed by atoms with Gasteiger partial charge in [-0.2, -0.15) is 18.2 Å². The molecule has 0 atom stereocenters. The predicted octanol–water partition coefficient (Wildman–Crippen LogP) is 6.46. The maximum absolute atomic E-state index is 13.0. The third-order valence-corrected chi connectivity index (χ3v) is 5.64. The van der Waals surface area contributed by atoms with Crippen molar-refractivity contribution >= 4 is 17.3 Å². The molecule has 0 saturated carbocycles. The number of rotatable bonds is 8. The van der Waals surface area contributed by atoms with E-state index >= 15 is 0 Å². The monoisotopic (exact) mass is 539 g/mol. The van der Waals surface area contributed by atoms with E-state index in [1.54, 1.807) is 31.2 Å². The van der Waals surface area contributed by atoms with Crippen molar-refractivity contribution in [3.63, 3.8) is 0 Å². The van der Waals surface area contributed by atoms with Crippen molar-refractivity contribution < 1.29 is 27.6 Å². The average Bonchev–Trinajstić information content (AvgIpc) is 3.32. The molecule has 3 aromatic carbocycles. The summed E-state index contributed by atoms with van der Waals surface area (Å²) in [5.41, 5.74) is 0.954. The Morgan fingerprint density at radius 3 is 2.33 bits per heavy atom. The molecule has 0 aliphatic carbocycles. The van der Waals surface area contributed by atoms with E-state index in [0.29, 0.717) is 29.1 Å². The number of nitrogens with one attached hydrogen (secondary N) is 1. The number of amides is 1. The average molecular weight is 540 g/mol. The number of alkyl halides is 3. The summed E-state index contributed by atoms with van der Waals surface area (Å²) in [6, 6.07) is 15.3. The first-order chi connectivity index (χ1) is 18.4. The lowest BCUT2D eigenvalue weighted by molar-refractivity contribution is -0.385. The molecule has 4 aromatic rings. The quantitative estimate of drug-likeness (QED) is 0.203. The molecule has 0 spiro atoms. The van der Waals surface area contributed by atoms with Crippen molar-refractivity contribution in [1.29, 1.82) is 0 Å². The van der Waals surface area contributed by atoms with Crippen molar-refractivity contribution in [3.05, 3.63) is 93.5 Å². The molecule has 4 rings (SSSR count). The number of carbonyl (C=O) groups is 1. The van der Waals surface area contributed by atoms with Crippen LogP contribution in [0.3, 0.4) is 0 Å². The zero-order valence-corrected chi connectivity index (χ0v) is 21.2. The predicted molar refractivity (Wildman–Crippen MR) is 138 cm³/mol. The van der Waals surface area contributed by atoms with Gasteiger partial charge in [-0.1, -0.05) is 32.0 Å². The van der Waals surface area contributed by atoms with Crippen LogP contribution in [0, 0.1) is 23.0 Å². The van der Waals surface area contributed by atoms with E-state index in [4.69, 9.17) is 4.74 Å². The van der Waals surface area contributed by atoms with Gasteiger partial charge in [0.1, 0.15) is 0 Å². The summed E-state index contributed by atoms with van der Waals surface area (Å²) >= 11 is 0. The molecule has 9 nitrogen and oxygen atoms in total.